The molecule has 1 N–H and O–H groups in total. The van der Waals surface area contributed by atoms with Crippen LogP contribution in [0.15, 0.2) is 0 Å². The maximum atomic E-state index is 12.0. The lowest BCUT2D eigenvalue weighted by molar-refractivity contribution is -0.145. The molecule has 3 rings (SSSR count). The van der Waals surface area contributed by atoms with Gasteiger partial charge in [-0.25, -0.2) is 4.98 Å². The first-order chi connectivity index (χ1) is 9.61. The molecule has 4 nitrogen and oxygen atoms in total. The van der Waals surface area contributed by atoms with Crippen LogP contribution in [0, 0.1) is 5.41 Å². The van der Waals surface area contributed by atoms with Gasteiger partial charge in [-0.3, -0.25) is 4.79 Å². The van der Waals surface area contributed by atoms with Crippen molar-refractivity contribution in [3.63, 3.8) is 0 Å². The highest BCUT2D eigenvalue weighted by atomic mass is 32.1. The van der Waals surface area contributed by atoms with E-state index in [2.05, 4.69) is 17.2 Å². The second-order valence-electron chi connectivity index (χ2n) is 6.19. The molecule has 0 bridgehead atoms. The van der Waals surface area contributed by atoms with E-state index in [9.17, 15) is 4.79 Å². The standard InChI is InChI=1S/C15H22N2O2S/c1-3-19-13(18)10-5-4-6-11-12(10)17-14(20-11)16-9-15(2)7-8-15/h10H,3-9H2,1-2H3,(H,16,17). The van der Waals surface area contributed by atoms with Crippen LogP contribution in [0.4, 0.5) is 5.13 Å². The van der Waals surface area contributed by atoms with E-state index in [4.69, 9.17) is 4.74 Å². The number of esters is 1. The van der Waals surface area contributed by atoms with Gasteiger partial charge in [-0.15, -0.1) is 11.3 Å². The summed E-state index contributed by atoms with van der Waals surface area (Å²) in [6, 6.07) is 0. The van der Waals surface area contributed by atoms with Gasteiger partial charge in [0.1, 0.15) is 5.92 Å². The number of nitrogens with one attached hydrogen (secondary N) is 1. The normalized spacial score (nSPS) is 23.0. The summed E-state index contributed by atoms with van der Waals surface area (Å²) in [5.74, 6) is -0.263. The Morgan fingerprint density at radius 1 is 1.55 bits per heavy atom. The molecule has 1 unspecified atom stereocenters. The lowest BCUT2D eigenvalue weighted by atomic mass is 9.91. The third kappa shape index (κ3) is 2.82. The molecule has 20 heavy (non-hydrogen) atoms. The highest BCUT2D eigenvalue weighted by molar-refractivity contribution is 7.15. The van der Waals surface area contributed by atoms with E-state index >= 15 is 0 Å². The average molecular weight is 294 g/mol. The molecule has 1 atom stereocenters. The lowest BCUT2D eigenvalue weighted by Gasteiger charge is -2.19. The number of hydrogen-bond acceptors (Lipinski definition) is 5. The minimum absolute atomic E-state index is 0.112. The third-order valence-corrected chi connectivity index (χ3v) is 5.38. The maximum absolute atomic E-state index is 12.0. The molecular formula is C15H22N2O2S. The van der Waals surface area contributed by atoms with Crippen LogP contribution in [-0.4, -0.2) is 24.1 Å². The molecule has 0 aliphatic heterocycles. The number of hydrogen-bond donors (Lipinski definition) is 1. The van der Waals surface area contributed by atoms with Gasteiger partial charge in [0.05, 0.1) is 12.3 Å². The highest BCUT2D eigenvalue weighted by Gasteiger charge is 2.37. The van der Waals surface area contributed by atoms with E-state index in [0.717, 1.165) is 36.6 Å². The van der Waals surface area contributed by atoms with Crippen molar-refractivity contribution in [3.8, 4) is 0 Å². The fourth-order valence-electron chi connectivity index (χ4n) is 2.65. The molecule has 1 aromatic rings. The molecule has 2 aliphatic carbocycles. The van der Waals surface area contributed by atoms with Gasteiger partial charge in [0.15, 0.2) is 5.13 Å². The minimum Gasteiger partial charge on any atom is -0.465 e. The molecule has 0 saturated heterocycles. The monoisotopic (exact) mass is 294 g/mol. The first kappa shape index (κ1) is 13.9. The van der Waals surface area contributed by atoms with Gasteiger partial charge in [0.2, 0.25) is 0 Å². The first-order valence-corrected chi connectivity index (χ1v) is 8.33. The largest absolute Gasteiger partial charge is 0.465 e. The molecule has 1 fully saturated rings. The summed E-state index contributed by atoms with van der Waals surface area (Å²) in [5.41, 5.74) is 1.43. The summed E-state index contributed by atoms with van der Waals surface area (Å²) in [7, 11) is 0. The summed E-state index contributed by atoms with van der Waals surface area (Å²) < 4.78 is 5.18. The molecule has 110 valence electrons. The topological polar surface area (TPSA) is 51.2 Å². The van der Waals surface area contributed by atoms with Crippen LogP contribution in [0.1, 0.15) is 56.0 Å². The number of ether oxygens (including phenoxy) is 1. The molecule has 0 amide bonds. The van der Waals surface area contributed by atoms with Gasteiger partial charge in [-0.1, -0.05) is 6.92 Å². The number of carbonyl (C=O) groups excluding carboxylic acids is 1. The Labute approximate surface area is 123 Å². The predicted molar refractivity (Wildman–Crippen MR) is 80.3 cm³/mol. The first-order valence-electron chi connectivity index (χ1n) is 7.51. The van der Waals surface area contributed by atoms with Crippen molar-refractivity contribution in [1.29, 1.82) is 0 Å². The Hall–Kier alpha value is -1.10. The zero-order chi connectivity index (χ0) is 14.2. The van der Waals surface area contributed by atoms with Gasteiger partial charge < -0.3 is 10.1 Å². The zero-order valence-electron chi connectivity index (χ0n) is 12.2. The minimum atomic E-state index is -0.151. The molecule has 5 heteroatoms. The predicted octanol–water partition coefficient (Wildman–Crippen LogP) is 3.34. The Bertz CT molecular complexity index is 508. The number of rotatable bonds is 5. The van der Waals surface area contributed by atoms with E-state index in [1.807, 2.05) is 6.92 Å². The number of carbonyl (C=O) groups is 1. The van der Waals surface area contributed by atoms with Crippen molar-refractivity contribution in [3.05, 3.63) is 10.6 Å². The number of aromatic nitrogens is 1. The zero-order valence-corrected chi connectivity index (χ0v) is 13.0. The van der Waals surface area contributed by atoms with Crippen molar-refractivity contribution in [2.75, 3.05) is 18.5 Å². The fourth-order valence-corrected chi connectivity index (χ4v) is 3.71. The molecule has 0 spiro atoms. The van der Waals surface area contributed by atoms with Crippen LogP contribution in [0.3, 0.4) is 0 Å². The number of nitrogens with zero attached hydrogens (tertiary/aromatic N) is 1. The smallest absolute Gasteiger partial charge is 0.315 e. The van der Waals surface area contributed by atoms with E-state index in [1.165, 1.54) is 17.7 Å². The Morgan fingerprint density at radius 2 is 2.35 bits per heavy atom. The van der Waals surface area contributed by atoms with Gasteiger partial charge >= 0.3 is 5.97 Å². The van der Waals surface area contributed by atoms with Gasteiger partial charge in [0.25, 0.3) is 0 Å². The number of thiazole rings is 1. The van der Waals surface area contributed by atoms with Crippen LogP contribution in [0.5, 0.6) is 0 Å². The van der Waals surface area contributed by atoms with Crippen molar-refractivity contribution >= 4 is 22.4 Å². The molecule has 1 heterocycles. The van der Waals surface area contributed by atoms with Gasteiger partial charge in [0, 0.05) is 11.4 Å². The van der Waals surface area contributed by atoms with Crippen molar-refractivity contribution < 1.29 is 9.53 Å². The highest BCUT2D eigenvalue weighted by Crippen LogP contribution is 2.45. The van der Waals surface area contributed by atoms with Crippen molar-refractivity contribution in [1.82, 2.24) is 4.98 Å². The third-order valence-electron chi connectivity index (χ3n) is 4.30. The van der Waals surface area contributed by atoms with Crippen molar-refractivity contribution in [2.45, 2.75) is 51.9 Å². The van der Waals surface area contributed by atoms with Crippen molar-refractivity contribution in [2.24, 2.45) is 5.41 Å². The number of fused-ring (bicyclic) bond motifs is 1. The van der Waals surface area contributed by atoms with Crippen LogP contribution in [0.25, 0.3) is 0 Å². The lowest BCUT2D eigenvalue weighted by Crippen LogP contribution is -2.20. The number of anilines is 1. The Morgan fingerprint density at radius 3 is 3.05 bits per heavy atom. The van der Waals surface area contributed by atoms with E-state index in [-0.39, 0.29) is 11.9 Å². The SMILES string of the molecule is CCOC(=O)C1CCCc2sc(NCC3(C)CC3)nc21. The molecular weight excluding hydrogens is 272 g/mol. The van der Waals surface area contributed by atoms with Crippen LogP contribution < -0.4 is 5.32 Å². The van der Waals surface area contributed by atoms with Crippen LogP contribution >= 0.6 is 11.3 Å². The maximum Gasteiger partial charge on any atom is 0.315 e. The Balaban J connectivity index is 1.72. The van der Waals surface area contributed by atoms with Crippen LogP contribution in [-0.2, 0) is 16.0 Å². The average Bonchev–Trinajstić information content (AvgIpc) is 3.02. The fraction of sp³-hybridized carbons (Fsp3) is 0.733. The summed E-state index contributed by atoms with van der Waals surface area (Å²) in [5, 5.41) is 4.42. The molecule has 0 radical (unpaired) electrons. The second-order valence-corrected chi connectivity index (χ2v) is 7.27. The molecule has 1 aromatic heterocycles. The van der Waals surface area contributed by atoms with Gasteiger partial charge in [-0.2, -0.15) is 0 Å². The van der Waals surface area contributed by atoms with E-state index in [0.29, 0.717) is 12.0 Å². The summed E-state index contributed by atoms with van der Waals surface area (Å²) in [4.78, 5) is 18.0. The molecule has 2 aliphatic rings. The molecule has 0 aromatic carbocycles. The van der Waals surface area contributed by atoms with E-state index in [1.54, 1.807) is 11.3 Å². The summed E-state index contributed by atoms with van der Waals surface area (Å²) in [6.07, 6.45) is 5.57. The summed E-state index contributed by atoms with van der Waals surface area (Å²) in [6.45, 7) is 5.59. The van der Waals surface area contributed by atoms with Gasteiger partial charge in [-0.05, 0) is 44.4 Å². The summed E-state index contributed by atoms with van der Waals surface area (Å²) >= 11 is 1.71. The number of aryl methyl sites for hydroxylation is 1. The van der Waals surface area contributed by atoms with Crippen LogP contribution in [0.2, 0.25) is 0 Å². The second kappa shape index (κ2) is 5.35. The Kier molecular flexibility index (Phi) is 3.71. The van der Waals surface area contributed by atoms with E-state index < -0.39 is 0 Å². The molecule has 1 saturated carbocycles. The quantitative estimate of drug-likeness (QED) is 0.846.